The van der Waals surface area contributed by atoms with Gasteiger partial charge in [-0.25, -0.2) is 0 Å². The average Bonchev–Trinajstić information content (AvgIpc) is 3.01. The van der Waals surface area contributed by atoms with Crippen LogP contribution in [0.3, 0.4) is 0 Å². The number of hydrogen-bond acceptors (Lipinski definition) is 4. The largest absolute Gasteiger partial charge is 0.383 e. The Morgan fingerprint density at radius 2 is 2.42 bits per heavy atom. The Morgan fingerprint density at radius 1 is 1.58 bits per heavy atom. The van der Waals surface area contributed by atoms with Gasteiger partial charge in [-0.2, -0.15) is 5.10 Å². The number of methoxy groups -OCH3 is 1. The molecule has 0 spiro atoms. The Labute approximate surface area is 113 Å². The third kappa shape index (κ3) is 3.33. The molecule has 0 saturated carbocycles. The van der Waals surface area contributed by atoms with E-state index in [1.165, 1.54) is 0 Å². The van der Waals surface area contributed by atoms with Crippen molar-refractivity contribution in [2.75, 3.05) is 31.7 Å². The summed E-state index contributed by atoms with van der Waals surface area (Å²) in [7, 11) is 1.67. The maximum absolute atomic E-state index is 12.2. The number of carbonyl (C=O) groups is 1. The van der Waals surface area contributed by atoms with Crippen molar-refractivity contribution in [3.63, 3.8) is 0 Å². The molecule has 1 aliphatic heterocycles. The zero-order valence-electron chi connectivity index (χ0n) is 11.6. The molecule has 1 atom stereocenters. The summed E-state index contributed by atoms with van der Waals surface area (Å²) in [5.74, 6) is 0.153. The second-order valence-electron chi connectivity index (χ2n) is 4.74. The molecule has 1 saturated heterocycles. The van der Waals surface area contributed by atoms with Gasteiger partial charge in [0.15, 0.2) is 0 Å². The van der Waals surface area contributed by atoms with Crippen LogP contribution in [0.5, 0.6) is 0 Å². The molecule has 1 unspecified atom stereocenters. The van der Waals surface area contributed by atoms with Crippen molar-refractivity contribution in [3.8, 4) is 0 Å². The van der Waals surface area contributed by atoms with Crippen molar-refractivity contribution in [1.82, 2.24) is 15.1 Å². The number of anilines is 1. The van der Waals surface area contributed by atoms with Gasteiger partial charge < -0.3 is 15.0 Å². The molecule has 1 aromatic rings. The number of nitrogens with one attached hydrogen (secondary N) is 1. The van der Waals surface area contributed by atoms with Gasteiger partial charge in [-0.1, -0.05) is 6.92 Å². The Bertz CT molecular complexity index is 419. The van der Waals surface area contributed by atoms with Crippen LogP contribution in [0.25, 0.3) is 0 Å². The monoisotopic (exact) mass is 266 g/mol. The first kappa shape index (κ1) is 14.0. The molecule has 2 heterocycles. The molecule has 0 radical (unpaired) electrons. The fourth-order valence-electron chi connectivity index (χ4n) is 2.24. The molecular weight excluding hydrogens is 244 g/mol. The van der Waals surface area contributed by atoms with Gasteiger partial charge in [0.2, 0.25) is 5.91 Å². The van der Waals surface area contributed by atoms with E-state index in [4.69, 9.17) is 4.74 Å². The van der Waals surface area contributed by atoms with Gasteiger partial charge >= 0.3 is 0 Å². The Morgan fingerprint density at radius 3 is 3.16 bits per heavy atom. The maximum Gasteiger partial charge on any atom is 0.244 e. The van der Waals surface area contributed by atoms with E-state index in [2.05, 4.69) is 17.3 Å². The van der Waals surface area contributed by atoms with Gasteiger partial charge in [-0.3, -0.25) is 9.48 Å². The summed E-state index contributed by atoms with van der Waals surface area (Å²) in [6, 6.07) is -0.0396. The number of rotatable bonds is 7. The van der Waals surface area contributed by atoms with E-state index in [1.54, 1.807) is 18.0 Å². The number of nitrogens with zero attached hydrogens (tertiary/aromatic N) is 3. The van der Waals surface area contributed by atoms with Gasteiger partial charge in [0.1, 0.15) is 0 Å². The third-order valence-electron chi connectivity index (χ3n) is 3.30. The number of amides is 1. The van der Waals surface area contributed by atoms with E-state index < -0.39 is 0 Å². The second-order valence-corrected chi connectivity index (χ2v) is 4.74. The predicted octanol–water partition coefficient (Wildman–Crippen LogP) is 0.634. The SMILES string of the molecule is CCCNC1CCN(c2cnn(CCOC)c2)C1=O. The van der Waals surface area contributed by atoms with E-state index in [0.717, 1.165) is 31.6 Å². The predicted molar refractivity (Wildman–Crippen MR) is 73.2 cm³/mol. The van der Waals surface area contributed by atoms with Crippen LogP contribution in [0.2, 0.25) is 0 Å². The van der Waals surface area contributed by atoms with Crippen LogP contribution >= 0.6 is 0 Å². The standard InChI is InChI=1S/C13H22N4O2/c1-3-5-14-12-4-6-17(13(12)18)11-9-15-16(10-11)7-8-19-2/h9-10,12,14H,3-8H2,1-2H3. The highest BCUT2D eigenvalue weighted by atomic mass is 16.5. The fourth-order valence-corrected chi connectivity index (χ4v) is 2.24. The lowest BCUT2D eigenvalue weighted by Crippen LogP contribution is -2.38. The van der Waals surface area contributed by atoms with E-state index in [-0.39, 0.29) is 11.9 Å². The molecule has 1 aromatic heterocycles. The summed E-state index contributed by atoms with van der Waals surface area (Å²) in [6.45, 7) is 5.07. The minimum Gasteiger partial charge on any atom is -0.383 e. The fraction of sp³-hybridized carbons (Fsp3) is 0.692. The first-order chi connectivity index (χ1) is 9.26. The summed E-state index contributed by atoms with van der Waals surface area (Å²) in [6.07, 6.45) is 5.55. The molecule has 2 rings (SSSR count). The summed E-state index contributed by atoms with van der Waals surface area (Å²) in [5, 5.41) is 7.53. The van der Waals surface area contributed by atoms with Gasteiger partial charge in [-0.15, -0.1) is 0 Å². The molecule has 0 bridgehead atoms. The van der Waals surface area contributed by atoms with Crippen molar-refractivity contribution >= 4 is 11.6 Å². The topological polar surface area (TPSA) is 59.4 Å². The summed E-state index contributed by atoms with van der Waals surface area (Å²) in [4.78, 5) is 14.0. The van der Waals surface area contributed by atoms with Crippen molar-refractivity contribution < 1.29 is 9.53 Å². The van der Waals surface area contributed by atoms with Gasteiger partial charge in [0, 0.05) is 19.9 Å². The molecule has 1 amide bonds. The van der Waals surface area contributed by atoms with Crippen molar-refractivity contribution in [2.45, 2.75) is 32.4 Å². The first-order valence-corrected chi connectivity index (χ1v) is 6.82. The molecule has 0 aromatic carbocycles. The molecule has 6 heteroatoms. The molecule has 1 fully saturated rings. The Hall–Kier alpha value is -1.40. The zero-order valence-corrected chi connectivity index (χ0v) is 11.6. The van der Waals surface area contributed by atoms with E-state index in [9.17, 15) is 4.79 Å². The normalized spacial score (nSPS) is 19.4. The van der Waals surface area contributed by atoms with Crippen LogP contribution in [0.15, 0.2) is 12.4 Å². The lowest BCUT2D eigenvalue weighted by Gasteiger charge is -2.14. The highest BCUT2D eigenvalue weighted by Gasteiger charge is 2.32. The smallest absolute Gasteiger partial charge is 0.244 e. The molecule has 19 heavy (non-hydrogen) atoms. The van der Waals surface area contributed by atoms with Gasteiger partial charge in [-0.05, 0) is 19.4 Å². The minimum atomic E-state index is -0.0396. The maximum atomic E-state index is 12.2. The highest BCUT2D eigenvalue weighted by Crippen LogP contribution is 2.20. The molecule has 106 valence electrons. The van der Waals surface area contributed by atoms with E-state index in [0.29, 0.717) is 13.2 Å². The van der Waals surface area contributed by atoms with Gasteiger partial charge in [0.05, 0.1) is 31.1 Å². The van der Waals surface area contributed by atoms with Crippen LogP contribution in [0, 0.1) is 0 Å². The van der Waals surface area contributed by atoms with Crippen LogP contribution in [-0.4, -0.2) is 48.5 Å². The lowest BCUT2D eigenvalue weighted by molar-refractivity contribution is -0.118. The number of aromatic nitrogens is 2. The number of ether oxygens (including phenoxy) is 1. The van der Waals surface area contributed by atoms with Crippen LogP contribution in [-0.2, 0) is 16.1 Å². The molecule has 6 nitrogen and oxygen atoms in total. The van der Waals surface area contributed by atoms with Crippen molar-refractivity contribution in [2.24, 2.45) is 0 Å². The van der Waals surface area contributed by atoms with Crippen LogP contribution in [0.1, 0.15) is 19.8 Å². The summed E-state index contributed by atoms with van der Waals surface area (Å²) < 4.78 is 6.82. The number of hydrogen-bond donors (Lipinski definition) is 1. The lowest BCUT2D eigenvalue weighted by atomic mass is 10.2. The zero-order chi connectivity index (χ0) is 13.7. The number of carbonyl (C=O) groups excluding carboxylic acids is 1. The van der Waals surface area contributed by atoms with Crippen LogP contribution < -0.4 is 10.2 Å². The highest BCUT2D eigenvalue weighted by molar-refractivity contribution is 5.99. The third-order valence-corrected chi connectivity index (χ3v) is 3.30. The molecule has 0 aliphatic carbocycles. The van der Waals surface area contributed by atoms with Crippen molar-refractivity contribution in [3.05, 3.63) is 12.4 Å². The minimum absolute atomic E-state index is 0.0396. The van der Waals surface area contributed by atoms with E-state index >= 15 is 0 Å². The quantitative estimate of drug-likeness (QED) is 0.786. The molecular formula is C13H22N4O2. The van der Waals surface area contributed by atoms with E-state index in [1.807, 2.05) is 11.1 Å². The molecule has 1 N–H and O–H groups in total. The average molecular weight is 266 g/mol. The second kappa shape index (κ2) is 6.68. The Balaban J connectivity index is 1.95. The first-order valence-electron chi connectivity index (χ1n) is 6.82. The molecule has 1 aliphatic rings. The van der Waals surface area contributed by atoms with Crippen molar-refractivity contribution in [1.29, 1.82) is 0 Å². The van der Waals surface area contributed by atoms with Crippen LogP contribution in [0.4, 0.5) is 5.69 Å². The summed E-state index contributed by atoms with van der Waals surface area (Å²) in [5.41, 5.74) is 0.877. The summed E-state index contributed by atoms with van der Waals surface area (Å²) >= 11 is 0. The Kier molecular flexibility index (Phi) is 4.93. The van der Waals surface area contributed by atoms with Gasteiger partial charge in [0.25, 0.3) is 0 Å².